The smallest absolute Gasteiger partial charge is 0.0740 e. The van der Waals surface area contributed by atoms with Crippen molar-refractivity contribution in [1.82, 2.24) is 4.90 Å². The Bertz CT molecular complexity index is 179. The molecule has 0 aromatic carbocycles. The highest BCUT2D eigenvalue weighted by molar-refractivity contribution is 7.80. The standard InChI is InChI=1S/C10H20N2OS/c1-13-8-9-2-5-12(6-3-9)7-4-10(11)14/h9H,2-8H2,1H3,(H2,11,14). The first-order valence-electron chi connectivity index (χ1n) is 5.22. The van der Waals surface area contributed by atoms with E-state index in [1.807, 2.05) is 0 Å². The van der Waals surface area contributed by atoms with Crippen LogP contribution >= 0.6 is 12.2 Å². The van der Waals surface area contributed by atoms with E-state index in [-0.39, 0.29) is 0 Å². The fourth-order valence-corrected chi connectivity index (χ4v) is 1.97. The molecule has 0 amide bonds. The summed E-state index contributed by atoms with van der Waals surface area (Å²) in [5, 5.41) is 0. The highest BCUT2D eigenvalue weighted by Crippen LogP contribution is 2.17. The molecule has 1 rings (SSSR count). The molecule has 82 valence electrons. The third kappa shape index (κ3) is 4.35. The summed E-state index contributed by atoms with van der Waals surface area (Å²) < 4.78 is 5.16. The van der Waals surface area contributed by atoms with Gasteiger partial charge in [-0.2, -0.15) is 0 Å². The van der Waals surface area contributed by atoms with Crippen molar-refractivity contribution < 1.29 is 4.74 Å². The zero-order chi connectivity index (χ0) is 10.4. The van der Waals surface area contributed by atoms with Crippen LogP contribution in [-0.2, 0) is 4.74 Å². The fraction of sp³-hybridized carbons (Fsp3) is 0.900. The van der Waals surface area contributed by atoms with Gasteiger partial charge in [0, 0.05) is 26.7 Å². The lowest BCUT2D eigenvalue weighted by Gasteiger charge is -2.31. The maximum absolute atomic E-state index is 5.47. The minimum Gasteiger partial charge on any atom is -0.393 e. The zero-order valence-electron chi connectivity index (χ0n) is 8.87. The number of methoxy groups -OCH3 is 1. The summed E-state index contributed by atoms with van der Waals surface area (Å²) in [5.74, 6) is 0.751. The number of hydrogen-bond donors (Lipinski definition) is 1. The lowest BCUT2D eigenvalue weighted by Crippen LogP contribution is -2.36. The molecule has 0 saturated carbocycles. The van der Waals surface area contributed by atoms with Crippen LogP contribution < -0.4 is 5.73 Å². The maximum atomic E-state index is 5.47. The van der Waals surface area contributed by atoms with Crippen LogP contribution in [0.15, 0.2) is 0 Å². The minimum absolute atomic E-state index is 0.629. The second-order valence-electron chi connectivity index (χ2n) is 3.96. The van der Waals surface area contributed by atoms with Gasteiger partial charge in [-0.25, -0.2) is 0 Å². The van der Waals surface area contributed by atoms with Gasteiger partial charge in [-0.15, -0.1) is 0 Å². The average Bonchev–Trinajstić information content (AvgIpc) is 2.17. The number of hydrogen-bond acceptors (Lipinski definition) is 3. The van der Waals surface area contributed by atoms with Gasteiger partial charge >= 0.3 is 0 Å². The average molecular weight is 216 g/mol. The third-order valence-electron chi connectivity index (χ3n) is 2.78. The van der Waals surface area contributed by atoms with Crippen LogP contribution in [0.1, 0.15) is 19.3 Å². The molecule has 0 aromatic rings. The van der Waals surface area contributed by atoms with Gasteiger partial charge in [-0.3, -0.25) is 0 Å². The first-order chi connectivity index (χ1) is 6.72. The molecule has 0 unspecified atom stereocenters. The van der Waals surface area contributed by atoms with Gasteiger partial charge in [0.15, 0.2) is 0 Å². The van der Waals surface area contributed by atoms with Crippen molar-refractivity contribution in [2.24, 2.45) is 11.7 Å². The number of rotatable bonds is 5. The number of likely N-dealkylation sites (tertiary alicyclic amines) is 1. The van der Waals surface area contributed by atoms with E-state index in [1.54, 1.807) is 7.11 Å². The van der Waals surface area contributed by atoms with Crippen molar-refractivity contribution in [3.8, 4) is 0 Å². The molecule has 1 heterocycles. The largest absolute Gasteiger partial charge is 0.393 e. The predicted molar refractivity (Wildman–Crippen MR) is 62.4 cm³/mol. The lowest BCUT2D eigenvalue weighted by atomic mass is 9.98. The first-order valence-corrected chi connectivity index (χ1v) is 5.62. The van der Waals surface area contributed by atoms with Crippen molar-refractivity contribution in [3.63, 3.8) is 0 Å². The van der Waals surface area contributed by atoms with Crippen LogP contribution in [0.3, 0.4) is 0 Å². The van der Waals surface area contributed by atoms with Gasteiger partial charge in [0.05, 0.1) is 4.99 Å². The molecule has 1 aliphatic heterocycles. The van der Waals surface area contributed by atoms with E-state index in [0.29, 0.717) is 4.99 Å². The van der Waals surface area contributed by atoms with E-state index >= 15 is 0 Å². The molecule has 0 bridgehead atoms. The number of nitrogens with two attached hydrogens (primary N) is 1. The van der Waals surface area contributed by atoms with Gasteiger partial charge in [0.2, 0.25) is 0 Å². The molecule has 14 heavy (non-hydrogen) atoms. The van der Waals surface area contributed by atoms with Crippen LogP contribution in [0.2, 0.25) is 0 Å². The van der Waals surface area contributed by atoms with Gasteiger partial charge < -0.3 is 15.4 Å². The highest BCUT2D eigenvalue weighted by Gasteiger charge is 2.18. The van der Waals surface area contributed by atoms with Crippen LogP contribution in [0.4, 0.5) is 0 Å². The van der Waals surface area contributed by atoms with Gasteiger partial charge in [0.1, 0.15) is 0 Å². The Morgan fingerprint density at radius 1 is 1.50 bits per heavy atom. The summed E-state index contributed by atoms with van der Waals surface area (Å²) in [6.07, 6.45) is 3.33. The Hall–Kier alpha value is -0.190. The van der Waals surface area contributed by atoms with E-state index in [2.05, 4.69) is 4.90 Å². The Balaban J connectivity index is 2.12. The van der Waals surface area contributed by atoms with Crippen LogP contribution in [0, 0.1) is 5.92 Å². The Morgan fingerprint density at radius 2 is 2.14 bits per heavy atom. The van der Waals surface area contributed by atoms with Crippen molar-refractivity contribution in [2.45, 2.75) is 19.3 Å². The molecule has 0 radical (unpaired) electrons. The number of nitrogens with zero attached hydrogens (tertiary/aromatic N) is 1. The third-order valence-corrected chi connectivity index (χ3v) is 2.99. The van der Waals surface area contributed by atoms with Crippen molar-refractivity contribution >= 4 is 17.2 Å². The number of piperidine rings is 1. The topological polar surface area (TPSA) is 38.5 Å². The fourth-order valence-electron chi connectivity index (χ4n) is 1.88. The normalized spacial score (nSPS) is 19.8. The molecule has 0 aromatic heterocycles. The minimum atomic E-state index is 0.629. The zero-order valence-corrected chi connectivity index (χ0v) is 9.68. The van der Waals surface area contributed by atoms with Crippen LogP contribution in [0.25, 0.3) is 0 Å². The molecule has 0 atom stereocenters. The molecule has 0 aliphatic carbocycles. The van der Waals surface area contributed by atoms with Crippen molar-refractivity contribution in [2.75, 3.05) is 33.4 Å². The molecule has 3 nitrogen and oxygen atoms in total. The quantitative estimate of drug-likeness (QED) is 0.696. The molecule has 1 fully saturated rings. The van der Waals surface area contributed by atoms with E-state index < -0.39 is 0 Å². The number of ether oxygens (including phenoxy) is 1. The second-order valence-corrected chi connectivity index (χ2v) is 4.48. The summed E-state index contributed by atoms with van der Waals surface area (Å²) in [4.78, 5) is 3.06. The number of thiocarbonyl (C=S) groups is 1. The Morgan fingerprint density at radius 3 is 2.64 bits per heavy atom. The van der Waals surface area contributed by atoms with E-state index in [9.17, 15) is 0 Å². The maximum Gasteiger partial charge on any atom is 0.0740 e. The SMILES string of the molecule is COCC1CCN(CCC(N)=S)CC1. The van der Waals surface area contributed by atoms with E-state index in [0.717, 1.165) is 38.6 Å². The monoisotopic (exact) mass is 216 g/mol. The molecule has 2 N–H and O–H groups in total. The van der Waals surface area contributed by atoms with E-state index in [4.69, 9.17) is 22.7 Å². The van der Waals surface area contributed by atoms with Gasteiger partial charge in [-0.1, -0.05) is 12.2 Å². The summed E-state index contributed by atoms with van der Waals surface area (Å²) in [7, 11) is 1.78. The summed E-state index contributed by atoms with van der Waals surface area (Å²) in [5.41, 5.74) is 5.47. The van der Waals surface area contributed by atoms with Crippen molar-refractivity contribution in [1.29, 1.82) is 0 Å². The Kier molecular flexibility index (Phi) is 5.37. The summed E-state index contributed by atoms with van der Waals surface area (Å²) >= 11 is 4.86. The van der Waals surface area contributed by atoms with Gasteiger partial charge in [0.25, 0.3) is 0 Å². The molecular formula is C10H20N2OS. The molecular weight excluding hydrogens is 196 g/mol. The molecule has 0 spiro atoms. The second kappa shape index (κ2) is 6.32. The molecule has 1 aliphatic rings. The molecule has 1 saturated heterocycles. The van der Waals surface area contributed by atoms with Crippen LogP contribution in [0.5, 0.6) is 0 Å². The van der Waals surface area contributed by atoms with Crippen LogP contribution in [-0.4, -0.2) is 43.2 Å². The van der Waals surface area contributed by atoms with E-state index in [1.165, 1.54) is 12.8 Å². The first kappa shape index (κ1) is 11.9. The summed E-state index contributed by atoms with van der Waals surface area (Å²) in [6.45, 7) is 4.26. The van der Waals surface area contributed by atoms with Crippen molar-refractivity contribution in [3.05, 3.63) is 0 Å². The Labute approximate surface area is 91.6 Å². The highest BCUT2D eigenvalue weighted by atomic mass is 32.1. The lowest BCUT2D eigenvalue weighted by molar-refractivity contribution is 0.101. The predicted octanol–water partition coefficient (Wildman–Crippen LogP) is 1.02. The summed E-state index contributed by atoms with van der Waals surface area (Å²) in [6, 6.07) is 0. The molecule has 4 heteroatoms. The van der Waals surface area contributed by atoms with Gasteiger partial charge in [-0.05, 0) is 31.8 Å².